The molecule has 0 aliphatic rings. The average molecular weight is 299 g/mol. The highest BCUT2D eigenvalue weighted by molar-refractivity contribution is 7.32. The van der Waals surface area contributed by atoms with Crippen LogP contribution in [0.4, 0.5) is 0 Å². The van der Waals surface area contributed by atoms with Gasteiger partial charge in [0.15, 0.2) is 0 Å². The third-order valence-corrected chi connectivity index (χ3v) is 3.52. The van der Waals surface area contributed by atoms with Gasteiger partial charge in [-0.25, -0.2) is 0 Å². The molecule has 4 nitrogen and oxygen atoms in total. The van der Waals surface area contributed by atoms with Gasteiger partial charge in [-0.1, -0.05) is 41.5 Å². The van der Waals surface area contributed by atoms with E-state index in [0.717, 1.165) is 16.7 Å². The summed E-state index contributed by atoms with van der Waals surface area (Å²) in [7, 11) is -2.63. The van der Waals surface area contributed by atoms with Gasteiger partial charge in [0.2, 0.25) is 0 Å². The normalized spacial score (nSPS) is 13.4. The van der Waals surface area contributed by atoms with Gasteiger partial charge >= 0.3 is 8.25 Å². The van der Waals surface area contributed by atoms with Crippen molar-refractivity contribution >= 4 is 8.25 Å². The Labute approximate surface area is 121 Å². The second-order valence-corrected chi connectivity index (χ2v) is 7.77. The van der Waals surface area contributed by atoms with Gasteiger partial charge in [0, 0.05) is 4.57 Å². The Morgan fingerprint density at radius 1 is 1.05 bits per heavy atom. The van der Waals surface area contributed by atoms with E-state index >= 15 is 0 Å². The third kappa shape index (κ3) is 4.27. The van der Waals surface area contributed by atoms with Crippen molar-refractivity contribution in [2.45, 2.75) is 59.0 Å². The summed E-state index contributed by atoms with van der Waals surface area (Å²) < 4.78 is 15.6. The first-order valence-electron chi connectivity index (χ1n) is 6.59. The molecule has 0 aromatic heterocycles. The maximum Gasteiger partial charge on any atom is 0.695 e. The SMILES string of the molecule is CC(C)(C)c1cc(CO[P+](=O)O)c(C(C)(C)C)cc1O. The number of phenolic OH excluding ortho intramolecular Hbond substituents is 1. The summed E-state index contributed by atoms with van der Waals surface area (Å²) in [5.41, 5.74) is 2.15. The highest BCUT2D eigenvalue weighted by atomic mass is 31.1. The quantitative estimate of drug-likeness (QED) is 0.823. The summed E-state index contributed by atoms with van der Waals surface area (Å²) in [5.74, 6) is 0.250. The van der Waals surface area contributed by atoms with Gasteiger partial charge in [-0.3, -0.25) is 0 Å². The number of aromatic hydroxyl groups is 1. The highest BCUT2D eigenvalue weighted by Gasteiger charge is 2.26. The van der Waals surface area contributed by atoms with Crippen LogP contribution in [-0.4, -0.2) is 10.00 Å². The summed E-state index contributed by atoms with van der Waals surface area (Å²) in [6.45, 7) is 12.2. The summed E-state index contributed by atoms with van der Waals surface area (Å²) in [6.07, 6.45) is 0. The van der Waals surface area contributed by atoms with Gasteiger partial charge in [0.05, 0.1) is 0 Å². The second kappa shape index (κ2) is 5.80. The molecule has 112 valence electrons. The summed E-state index contributed by atoms with van der Waals surface area (Å²) >= 11 is 0. The molecule has 2 N–H and O–H groups in total. The molecule has 1 aromatic carbocycles. The summed E-state index contributed by atoms with van der Waals surface area (Å²) in [5, 5.41) is 10.2. The minimum Gasteiger partial charge on any atom is -0.508 e. The predicted molar refractivity (Wildman–Crippen MR) is 80.1 cm³/mol. The molecule has 0 heterocycles. The van der Waals surface area contributed by atoms with Crippen LogP contribution in [0.5, 0.6) is 5.75 Å². The number of rotatable bonds is 3. The van der Waals surface area contributed by atoms with Crippen LogP contribution < -0.4 is 0 Å². The number of hydrogen-bond donors (Lipinski definition) is 2. The van der Waals surface area contributed by atoms with Crippen molar-refractivity contribution in [2.75, 3.05) is 0 Å². The lowest BCUT2D eigenvalue weighted by atomic mass is 9.79. The molecule has 0 saturated heterocycles. The highest BCUT2D eigenvalue weighted by Crippen LogP contribution is 2.38. The molecule has 0 aliphatic carbocycles. The number of phenols is 1. The minimum atomic E-state index is -2.63. The van der Waals surface area contributed by atoms with Crippen LogP contribution in [0.3, 0.4) is 0 Å². The molecule has 0 spiro atoms. The largest absolute Gasteiger partial charge is 0.695 e. The molecular formula is C15H24O4P+. The smallest absolute Gasteiger partial charge is 0.508 e. The molecule has 20 heavy (non-hydrogen) atoms. The van der Waals surface area contributed by atoms with Crippen molar-refractivity contribution in [1.82, 2.24) is 0 Å². The van der Waals surface area contributed by atoms with Crippen molar-refractivity contribution in [1.29, 1.82) is 0 Å². The van der Waals surface area contributed by atoms with Crippen molar-refractivity contribution in [3.05, 3.63) is 28.8 Å². The first-order chi connectivity index (χ1) is 8.93. The first kappa shape index (κ1) is 17.1. The zero-order valence-corrected chi connectivity index (χ0v) is 13.9. The van der Waals surface area contributed by atoms with E-state index in [0.29, 0.717) is 0 Å². The van der Waals surface area contributed by atoms with E-state index < -0.39 is 8.25 Å². The molecule has 0 fully saturated rings. The maximum absolute atomic E-state index is 10.8. The fraction of sp³-hybridized carbons (Fsp3) is 0.600. The fourth-order valence-corrected chi connectivity index (χ4v) is 2.43. The van der Waals surface area contributed by atoms with Gasteiger partial charge in [-0.15, -0.1) is 9.42 Å². The lowest BCUT2D eigenvalue weighted by Crippen LogP contribution is -2.18. The van der Waals surface area contributed by atoms with Crippen LogP contribution in [0.15, 0.2) is 12.1 Å². The van der Waals surface area contributed by atoms with E-state index in [1.807, 2.05) is 47.6 Å². The molecule has 1 rings (SSSR count). The van der Waals surface area contributed by atoms with E-state index in [1.165, 1.54) is 0 Å². The van der Waals surface area contributed by atoms with E-state index in [-0.39, 0.29) is 23.2 Å². The molecule has 0 bridgehead atoms. The Morgan fingerprint density at radius 2 is 1.55 bits per heavy atom. The van der Waals surface area contributed by atoms with Crippen LogP contribution in [0.25, 0.3) is 0 Å². The molecule has 0 saturated carbocycles. The van der Waals surface area contributed by atoms with Crippen molar-refractivity contribution in [3.8, 4) is 5.75 Å². The topological polar surface area (TPSA) is 66.8 Å². The summed E-state index contributed by atoms with van der Waals surface area (Å²) in [6, 6.07) is 3.61. The Hall–Kier alpha value is -0.960. The zero-order chi connectivity index (χ0) is 15.7. The number of hydrogen-bond acceptors (Lipinski definition) is 3. The van der Waals surface area contributed by atoms with Gasteiger partial charge < -0.3 is 5.11 Å². The summed E-state index contributed by atoms with van der Waals surface area (Å²) in [4.78, 5) is 8.83. The van der Waals surface area contributed by atoms with Gasteiger partial charge in [-0.2, -0.15) is 0 Å². The molecule has 1 atom stereocenters. The van der Waals surface area contributed by atoms with Gasteiger partial charge in [0.1, 0.15) is 12.4 Å². The van der Waals surface area contributed by atoms with Crippen molar-refractivity contribution in [3.63, 3.8) is 0 Å². The van der Waals surface area contributed by atoms with Crippen LogP contribution in [0.1, 0.15) is 58.2 Å². The maximum atomic E-state index is 10.8. The lowest BCUT2D eigenvalue weighted by Gasteiger charge is -2.27. The standard InChI is InChI=1S/C15H23O4P/c1-14(2,3)11-8-13(16)12(15(4,5)6)7-10(11)9-19-20(17)18/h7-8H,9H2,1-6H3,(H-,16,17,18)/p+1. The third-order valence-electron chi connectivity index (χ3n) is 3.17. The van der Waals surface area contributed by atoms with E-state index in [4.69, 9.17) is 9.42 Å². The Morgan fingerprint density at radius 3 is 1.95 bits per heavy atom. The second-order valence-electron chi connectivity index (χ2n) is 7.04. The molecule has 5 heteroatoms. The molecule has 0 aliphatic heterocycles. The molecular weight excluding hydrogens is 275 g/mol. The molecule has 0 radical (unpaired) electrons. The average Bonchev–Trinajstić information content (AvgIpc) is 2.23. The number of benzene rings is 1. The van der Waals surface area contributed by atoms with E-state index in [9.17, 15) is 9.67 Å². The molecule has 1 unspecified atom stereocenters. The fourth-order valence-electron chi connectivity index (χ4n) is 2.18. The predicted octanol–water partition coefficient (Wildman–Crippen LogP) is 4.15. The monoisotopic (exact) mass is 299 g/mol. The first-order valence-corrected chi connectivity index (χ1v) is 7.72. The van der Waals surface area contributed by atoms with Crippen LogP contribution in [-0.2, 0) is 26.5 Å². The van der Waals surface area contributed by atoms with Crippen LogP contribution in [0, 0.1) is 0 Å². The van der Waals surface area contributed by atoms with Gasteiger partial charge in [-0.05, 0) is 39.7 Å². The molecule has 0 amide bonds. The van der Waals surface area contributed by atoms with Crippen molar-refractivity contribution in [2.24, 2.45) is 0 Å². The van der Waals surface area contributed by atoms with Crippen LogP contribution >= 0.6 is 8.25 Å². The Balaban J connectivity index is 3.38. The Kier molecular flexibility index (Phi) is 4.96. The van der Waals surface area contributed by atoms with Crippen molar-refractivity contribution < 1.29 is 19.1 Å². The lowest BCUT2D eigenvalue weighted by molar-refractivity contribution is 0.269. The Bertz CT molecular complexity index is 510. The van der Waals surface area contributed by atoms with E-state index in [2.05, 4.69) is 0 Å². The van der Waals surface area contributed by atoms with E-state index in [1.54, 1.807) is 6.07 Å². The molecule has 1 aromatic rings. The minimum absolute atomic E-state index is 0.0572. The van der Waals surface area contributed by atoms with Gasteiger partial charge in [0.25, 0.3) is 0 Å². The zero-order valence-electron chi connectivity index (χ0n) is 13.0. The van der Waals surface area contributed by atoms with Crippen LogP contribution in [0.2, 0.25) is 0 Å².